The van der Waals surface area contributed by atoms with Crippen LogP contribution < -0.4 is 10.8 Å². The van der Waals surface area contributed by atoms with Crippen LogP contribution in [0.5, 0.6) is 0 Å². The number of alkyl halides is 6. The van der Waals surface area contributed by atoms with Crippen molar-refractivity contribution in [2.75, 3.05) is 13.2 Å². The Balaban J connectivity index is 1.55. The quantitative estimate of drug-likeness (QED) is 0.495. The number of pyridine rings is 1. The Bertz CT molecular complexity index is 1150. The summed E-state index contributed by atoms with van der Waals surface area (Å²) in [6, 6.07) is 5.48. The van der Waals surface area contributed by atoms with Gasteiger partial charge < -0.3 is 5.32 Å². The van der Waals surface area contributed by atoms with Crippen LogP contribution in [-0.2, 0) is 21.2 Å². The number of carbonyl (C=O) groups excluding carboxylic acids is 1. The topological polar surface area (TPSA) is 75.6 Å². The maximum Gasteiger partial charge on any atom is 0.416 e. The van der Waals surface area contributed by atoms with Gasteiger partial charge in [-0.25, -0.2) is 5.48 Å². The molecule has 6 nitrogen and oxygen atoms in total. The molecule has 13 heteroatoms. The van der Waals surface area contributed by atoms with Crippen LogP contribution in [0.15, 0.2) is 47.6 Å². The minimum Gasteiger partial charge on any atom is -0.361 e. The second-order valence-corrected chi connectivity index (χ2v) is 8.24. The van der Waals surface area contributed by atoms with Gasteiger partial charge in [0.15, 0.2) is 0 Å². The van der Waals surface area contributed by atoms with E-state index in [2.05, 4.69) is 20.8 Å². The first-order valence-electron chi connectivity index (χ1n) is 9.87. The SMILES string of the molecule is O=C1NOCC1NC(=S)c1ccc(C2=NCC(c3cccc(C(F)(F)F)c3)(C(F)(F)F)C2)cn1. The fourth-order valence-electron chi connectivity index (χ4n) is 3.74. The van der Waals surface area contributed by atoms with Crippen molar-refractivity contribution in [3.63, 3.8) is 0 Å². The molecule has 2 atom stereocenters. The molecule has 0 radical (unpaired) electrons. The van der Waals surface area contributed by atoms with Crippen molar-refractivity contribution in [1.29, 1.82) is 0 Å². The molecule has 2 N–H and O–H groups in total. The van der Waals surface area contributed by atoms with Crippen molar-refractivity contribution in [2.45, 2.75) is 30.2 Å². The van der Waals surface area contributed by atoms with E-state index in [1.807, 2.05) is 0 Å². The minimum absolute atomic E-state index is 0.0585. The van der Waals surface area contributed by atoms with Gasteiger partial charge in [-0.2, -0.15) is 26.3 Å². The van der Waals surface area contributed by atoms with Gasteiger partial charge in [0, 0.05) is 23.9 Å². The van der Waals surface area contributed by atoms with Crippen LogP contribution in [-0.4, -0.2) is 47.0 Å². The molecule has 1 amide bonds. The lowest BCUT2D eigenvalue weighted by Crippen LogP contribution is -2.44. The molecule has 0 spiro atoms. The number of hydrogen-bond acceptors (Lipinski definition) is 5. The van der Waals surface area contributed by atoms with E-state index in [0.29, 0.717) is 6.07 Å². The number of aromatic nitrogens is 1. The van der Waals surface area contributed by atoms with Crippen molar-refractivity contribution in [3.05, 3.63) is 65.0 Å². The van der Waals surface area contributed by atoms with Gasteiger partial charge in [0.1, 0.15) is 23.1 Å². The standard InChI is InChI=1S/C21H16F6N4O2S/c22-20(23,24)13-3-1-2-12(6-13)19(21(25,26)27)7-15(29-10-19)11-4-5-14(28-8-11)18(34)30-16-9-33-31-17(16)32/h1-6,8,16H,7,9-10H2,(H,30,34)(H,31,32). The number of nitrogens with one attached hydrogen (secondary N) is 2. The van der Waals surface area contributed by atoms with Gasteiger partial charge >= 0.3 is 12.4 Å². The minimum atomic E-state index is -4.84. The molecule has 2 unspecified atom stereocenters. The molecule has 0 bridgehead atoms. The normalized spacial score (nSPS) is 22.9. The van der Waals surface area contributed by atoms with Crippen LogP contribution >= 0.6 is 12.2 Å². The smallest absolute Gasteiger partial charge is 0.361 e. The van der Waals surface area contributed by atoms with Crippen LogP contribution in [0.1, 0.15) is 28.8 Å². The predicted molar refractivity (Wildman–Crippen MR) is 112 cm³/mol. The van der Waals surface area contributed by atoms with Gasteiger partial charge in [0.05, 0.1) is 17.8 Å². The number of amides is 1. The first-order chi connectivity index (χ1) is 15.9. The number of rotatable bonds is 4. The van der Waals surface area contributed by atoms with E-state index >= 15 is 0 Å². The van der Waals surface area contributed by atoms with E-state index in [1.165, 1.54) is 18.3 Å². The summed E-state index contributed by atoms with van der Waals surface area (Å²) in [4.78, 5) is 24.6. The highest BCUT2D eigenvalue weighted by molar-refractivity contribution is 7.80. The maximum absolute atomic E-state index is 14.2. The number of carbonyl (C=O) groups is 1. The monoisotopic (exact) mass is 502 g/mol. The first kappa shape index (κ1) is 24.1. The lowest BCUT2D eigenvalue weighted by atomic mass is 9.76. The highest BCUT2D eigenvalue weighted by Crippen LogP contribution is 2.48. The number of benzene rings is 1. The molecule has 4 rings (SSSR count). The van der Waals surface area contributed by atoms with E-state index < -0.39 is 53.8 Å². The predicted octanol–water partition coefficient (Wildman–Crippen LogP) is 3.49. The van der Waals surface area contributed by atoms with Crippen molar-refractivity contribution in [2.24, 2.45) is 4.99 Å². The Morgan fingerprint density at radius 2 is 1.94 bits per heavy atom. The average Bonchev–Trinajstić information content (AvgIpc) is 3.41. The first-order valence-corrected chi connectivity index (χ1v) is 10.3. The molecule has 1 fully saturated rings. The summed E-state index contributed by atoms with van der Waals surface area (Å²) in [6.45, 7) is -0.686. The number of hydrogen-bond donors (Lipinski definition) is 2. The average molecular weight is 502 g/mol. The largest absolute Gasteiger partial charge is 0.416 e. The van der Waals surface area contributed by atoms with E-state index in [9.17, 15) is 31.1 Å². The second-order valence-electron chi connectivity index (χ2n) is 7.83. The highest BCUT2D eigenvalue weighted by atomic mass is 32.1. The van der Waals surface area contributed by atoms with E-state index in [4.69, 9.17) is 17.1 Å². The van der Waals surface area contributed by atoms with Crippen LogP contribution in [0, 0.1) is 0 Å². The number of thiocarbonyl (C=S) groups is 1. The van der Waals surface area contributed by atoms with Crippen LogP contribution in [0.2, 0.25) is 0 Å². The molecule has 0 saturated carbocycles. The summed E-state index contributed by atoms with van der Waals surface area (Å²) in [5.74, 6) is -0.405. The molecule has 3 heterocycles. The lowest BCUT2D eigenvalue weighted by Gasteiger charge is -2.32. The van der Waals surface area contributed by atoms with Crippen molar-refractivity contribution in [3.8, 4) is 0 Å². The summed E-state index contributed by atoms with van der Waals surface area (Å²) in [7, 11) is 0. The molecule has 2 aliphatic rings. The molecule has 34 heavy (non-hydrogen) atoms. The summed E-state index contributed by atoms with van der Waals surface area (Å²) in [6.07, 6.45) is -8.97. The van der Waals surface area contributed by atoms with Crippen LogP contribution in [0.3, 0.4) is 0 Å². The molecule has 2 aromatic rings. The summed E-state index contributed by atoms with van der Waals surface area (Å²) < 4.78 is 81.8. The molecule has 0 aliphatic carbocycles. The molecular formula is C21H16F6N4O2S. The Kier molecular flexibility index (Phi) is 6.10. The molecule has 1 aromatic heterocycles. The van der Waals surface area contributed by atoms with Crippen molar-refractivity contribution in [1.82, 2.24) is 15.8 Å². The molecular weight excluding hydrogens is 486 g/mol. The third-order valence-electron chi connectivity index (χ3n) is 5.67. The van der Waals surface area contributed by atoms with Gasteiger partial charge in [0.25, 0.3) is 5.91 Å². The summed E-state index contributed by atoms with van der Waals surface area (Å²) >= 11 is 5.20. The number of hydroxylamine groups is 1. The van der Waals surface area contributed by atoms with E-state index in [-0.39, 0.29) is 28.6 Å². The Morgan fingerprint density at radius 1 is 1.18 bits per heavy atom. The van der Waals surface area contributed by atoms with Gasteiger partial charge in [0.2, 0.25) is 0 Å². The van der Waals surface area contributed by atoms with Gasteiger partial charge in [-0.15, -0.1) is 0 Å². The second kappa shape index (κ2) is 8.62. The molecule has 1 aromatic carbocycles. The van der Waals surface area contributed by atoms with Crippen molar-refractivity contribution < 1.29 is 36.0 Å². The fraction of sp³-hybridized carbons (Fsp3) is 0.333. The zero-order chi connectivity index (χ0) is 24.7. The fourth-order valence-corrected chi connectivity index (χ4v) is 4.01. The van der Waals surface area contributed by atoms with Gasteiger partial charge in [-0.3, -0.25) is 19.6 Å². The van der Waals surface area contributed by atoms with Crippen molar-refractivity contribution >= 4 is 28.8 Å². The van der Waals surface area contributed by atoms with Gasteiger partial charge in [-0.05, 0) is 23.8 Å². The number of halogens is 6. The third-order valence-corrected chi connectivity index (χ3v) is 6.00. The zero-order valence-corrected chi connectivity index (χ0v) is 17.9. The van der Waals surface area contributed by atoms with Crippen LogP contribution in [0.4, 0.5) is 26.3 Å². The number of aliphatic imine (C=N–C) groups is 1. The number of nitrogens with zero attached hydrogens (tertiary/aromatic N) is 2. The Morgan fingerprint density at radius 3 is 2.53 bits per heavy atom. The van der Waals surface area contributed by atoms with E-state index in [0.717, 1.165) is 18.2 Å². The lowest BCUT2D eigenvalue weighted by molar-refractivity contribution is -0.184. The highest BCUT2D eigenvalue weighted by Gasteiger charge is 2.58. The zero-order valence-electron chi connectivity index (χ0n) is 17.1. The third kappa shape index (κ3) is 4.49. The molecule has 180 valence electrons. The Labute approximate surface area is 194 Å². The van der Waals surface area contributed by atoms with Crippen LogP contribution in [0.25, 0.3) is 0 Å². The molecule has 2 aliphatic heterocycles. The van der Waals surface area contributed by atoms with E-state index in [1.54, 1.807) is 0 Å². The summed E-state index contributed by atoms with van der Waals surface area (Å²) in [5, 5.41) is 2.77. The maximum atomic E-state index is 14.2. The molecule has 1 saturated heterocycles. The summed E-state index contributed by atoms with van der Waals surface area (Å²) in [5.41, 5.74) is -1.45. The Hall–Kier alpha value is -3.06. The van der Waals surface area contributed by atoms with Gasteiger partial charge in [-0.1, -0.05) is 30.4 Å².